The SMILES string of the molecule is CN1CCC(c2ccc(-c3ccc4ncn(C(c5cccc(F)c5)c5nc6ccccc6[nH]5)c(=O)c4n3)cc2)CC1.O=C(O)C(F)(F)F. The van der Waals surface area contributed by atoms with Gasteiger partial charge in [0.25, 0.3) is 5.56 Å². The number of nitrogens with zero attached hydrogens (tertiary/aromatic N) is 5. The third-order valence-corrected chi connectivity index (χ3v) is 8.38. The molecule has 1 unspecified atom stereocenters. The molecule has 7 rings (SSSR count). The number of halogens is 4. The summed E-state index contributed by atoms with van der Waals surface area (Å²) in [5.41, 5.74) is 5.58. The lowest BCUT2D eigenvalue weighted by Crippen LogP contribution is -2.29. The fraction of sp³-hybridized carbons (Fsp3) is 0.229. The van der Waals surface area contributed by atoms with Crippen molar-refractivity contribution in [3.8, 4) is 11.3 Å². The van der Waals surface area contributed by atoms with Crippen LogP contribution in [0.3, 0.4) is 0 Å². The van der Waals surface area contributed by atoms with Gasteiger partial charge < -0.3 is 15.0 Å². The van der Waals surface area contributed by atoms with E-state index in [0.29, 0.717) is 28.5 Å². The number of nitrogens with one attached hydrogen (secondary N) is 1. The van der Waals surface area contributed by atoms with Crippen LogP contribution in [0.15, 0.2) is 96.1 Å². The largest absolute Gasteiger partial charge is 0.490 e. The molecule has 1 fully saturated rings. The first-order valence-corrected chi connectivity index (χ1v) is 15.1. The van der Waals surface area contributed by atoms with Crippen molar-refractivity contribution < 1.29 is 27.5 Å². The lowest BCUT2D eigenvalue weighted by atomic mass is 9.89. The number of para-hydroxylation sites is 2. The number of alkyl halides is 3. The molecule has 0 saturated carbocycles. The van der Waals surface area contributed by atoms with E-state index in [4.69, 9.17) is 19.9 Å². The predicted molar refractivity (Wildman–Crippen MR) is 172 cm³/mol. The zero-order chi connectivity index (χ0) is 34.0. The van der Waals surface area contributed by atoms with Gasteiger partial charge in [0.1, 0.15) is 17.7 Å². The fourth-order valence-corrected chi connectivity index (χ4v) is 5.85. The van der Waals surface area contributed by atoms with Crippen molar-refractivity contribution in [2.75, 3.05) is 20.1 Å². The van der Waals surface area contributed by atoms with Gasteiger partial charge in [0, 0.05) is 5.56 Å². The summed E-state index contributed by atoms with van der Waals surface area (Å²) in [5, 5.41) is 7.12. The molecular weight excluding hydrogens is 628 g/mol. The molecule has 0 amide bonds. The van der Waals surface area contributed by atoms with E-state index >= 15 is 0 Å². The number of rotatable bonds is 5. The van der Waals surface area contributed by atoms with Crippen LogP contribution in [0.25, 0.3) is 33.3 Å². The third-order valence-electron chi connectivity index (χ3n) is 8.38. The lowest BCUT2D eigenvalue weighted by Gasteiger charge is -2.29. The van der Waals surface area contributed by atoms with E-state index in [0.717, 1.165) is 42.5 Å². The van der Waals surface area contributed by atoms with Crippen LogP contribution in [0.5, 0.6) is 0 Å². The number of benzene rings is 3. The number of carboxylic acids is 1. The van der Waals surface area contributed by atoms with Gasteiger partial charge in [0.15, 0.2) is 5.52 Å². The van der Waals surface area contributed by atoms with Crippen LogP contribution < -0.4 is 5.56 Å². The summed E-state index contributed by atoms with van der Waals surface area (Å²) < 4.78 is 47.6. The second kappa shape index (κ2) is 13.4. The van der Waals surface area contributed by atoms with Crippen LogP contribution in [0, 0.1) is 5.82 Å². The average Bonchev–Trinajstić information content (AvgIpc) is 3.50. The number of carboxylic acid groups (broad SMARTS) is 1. The predicted octanol–water partition coefficient (Wildman–Crippen LogP) is 6.55. The Morgan fingerprint density at radius 2 is 1.65 bits per heavy atom. The molecule has 3 aromatic heterocycles. The molecule has 1 aliphatic heterocycles. The number of piperidine rings is 1. The minimum absolute atomic E-state index is 0.252. The van der Waals surface area contributed by atoms with Crippen molar-refractivity contribution >= 4 is 28.0 Å². The van der Waals surface area contributed by atoms with Crippen LogP contribution in [-0.2, 0) is 4.79 Å². The number of hydrogen-bond acceptors (Lipinski definition) is 6. The molecule has 48 heavy (non-hydrogen) atoms. The number of carbonyl (C=O) groups is 1. The van der Waals surface area contributed by atoms with Crippen molar-refractivity contribution in [3.63, 3.8) is 0 Å². The quantitative estimate of drug-likeness (QED) is 0.202. The molecule has 4 heterocycles. The molecule has 3 aromatic carbocycles. The van der Waals surface area contributed by atoms with Crippen LogP contribution >= 0.6 is 0 Å². The highest BCUT2D eigenvalue weighted by atomic mass is 19.4. The molecule has 0 spiro atoms. The van der Waals surface area contributed by atoms with Gasteiger partial charge in [-0.15, -0.1) is 0 Å². The van der Waals surface area contributed by atoms with E-state index in [9.17, 15) is 22.4 Å². The number of pyridine rings is 1. The highest BCUT2D eigenvalue weighted by Gasteiger charge is 2.38. The molecule has 6 aromatic rings. The molecule has 2 N–H and O–H groups in total. The highest BCUT2D eigenvalue weighted by molar-refractivity contribution is 5.77. The summed E-state index contributed by atoms with van der Waals surface area (Å²) in [6.45, 7) is 2.23. The number of hydrogen-bond donors (Lipinski definition) is 2. The Bertz CT molecular complexity index is 2100. The van der Waals surface area contributed by atoms with E-state index < -0.39 is 24.0 Å². The standard InChI is InChI=1S/C33H29FN6O.C2HF3O2/c1-39-17-15-22(16-18-39)21-9-11-23(12-10-21)26-13-14-29-30(36-26)33(41)40(20-35-29)31(24-5-4-6-25(34)19-24)32-37-27-7-2-3-8-28(27)38-32;3-2(4,5)1(6)7/h2-14,19-20,22,31H,15-18H2,1H3,(H,37,38);(H,6,7). The summed E-state index contributed by atoms with van der Waals surface area (Å²) in [7, 11) is 2.17. The highest BCUT2D eigenvalue weighted by Crippen LogP contribution is 2.30. The number of imidazole rings is 1. The van der Waals surface area contributed by atoms with E-state index in [1.165, 1.54) is 28.6 Å². The minimum Gasteiger partial charge on any atom is -0.475 e. The Morgan fingerprint density at radius 3 is 2.31 bits per heavy atom. The molecule has 0 aliphatic carbocycles. The summed E-state index contributed by atoms with van der Waals surface area (Å²) in [6.07, 6.45) is -1.27. The van der Waals surface area contributed by atoms with Crippen LogP contribution in [-0.4, -0.2) is 66.8 Å². The number of aromatic amines is 1. The van der Waals surface area contributed by atoms with Gasteiger partial charge in [-0.3, -0.25) is 9.36 Å². The molecule has 1 aliphatic rings. The van der Waals surface area contributed by atoms with Gasteiger partial charge in [-0.2, -0.15) is 13.2 Å². The summed E-state index contributed by atoms with van der Waals surface area (Å²) >= 11 is 0. The maximum Gasteiger partial charge on any atom is 0.490 e. The Balaban J connectivity index is 0.000000519. The average molecular weight is 659 g/mol. The maximum atomic E-state index is 14.4. The number of fused-ring (bicyclic) bond motifs is 2. The minimum atomic E-state index is -5.08. The van der Waals surface area contributed by atoms with E-state index in [1.807, 2.05) is 36.4 Å². The van der Waals surface area contributed by atoms with Gasteiger partial charge in [0.2, 0.25) is 0 Å². The topological polar surface area (TPSA) is 117 Å². The van der Waals surface area contributed by atoms with Crippen molar-refractivity contribution in [1.29, 1.82) is 0 Å². The Hall–Kier alpha value is -5.43. The van der Waals surface area contributed by atoms with Crippen LogP contribution in [0.1, 0.15) is 41.8 Å². The van der Waals surface area contributed by atoms with Gasteiger partial charge in [-0.1, -0.05) is 48.5 Å². The molecule has 9 nitrogen and oxygen atoms in total. The Morgan fingerprint density at radius 1 is 0.938 bits per heavy atom. The van der Waals surface area contributed by atoms with Crippen molar-refractivity contribution in [2.45, 2.75) is 31.0 Å². The van der Waals surface area contributed by atoms with Crippen molar-refractivity contribution in [2.24, 2.45) is 0 Å². The zero-order valence-corrected chi connectivity index (χ0v) is 25.7. The molecule has 13 heteroatoms. The second-order valence-corrected chi connectivity index (χ2v) is 11.6. The van der Waals surface area contributed by atoms with Crippen LogP contribution in [0.4, 0.5) is 17.6 Å². The lowest BCUT2D eigenvalue weighted by molar-refractivity contribution is -0.192. The molecule has 0 bridgehead atoms. The van der Waals surface area contributed by atoms with Gasteiger partial charge in [-0.05, 0) is 86.4 Å². The molecule has 0 radical (unpaired) electrons. The maximum absolute atomic E-state index is 14.4. The van der Waals surface area contributed by atoms with E-state index in [1.54, 1.807) is 12.1 Å². The van der Waals surface area contributed by atoms with Gasteiger partial charge >= 0.3 is 12.1 Å². The summed E-state index contributed by atoms with van der Waals surface area (Å²) in [4.78, 5) is 42.7. The molecule has 246 valence electrons. The fourth-order valence-electron chi connectivity index (χ4n) is 5.85. The van der Waals surface area contributed by atoms with Gasteiger partial charge in [0.05, 0.1) is 28.6 Å². The van der Waals surface area contributed by atoms with E-state index in [2.05, 4.69) is 46.2 Å². The van der Waals surface area contributed by atoms with E-state index in [-0.39, 0.29) is 11.1 Å². The normalized spacial score (nSPS) is 14.9. The molecular formula is C35H30F4N6O3. The third kappa shape index (κ3) is 6.95. The second-order valence-electron chi connectivity index (χ2n) is 11.6. The molecule has 1 atom stereocenters. The summed E-state index contributed by atoms with van der Waals surface area (Å²) in [6, 6.07) is 25.4. The van der Waals surface area contributed by atoms with Gasteiger partial charge in [-0.25, -0.2) is 24.1 Å². The number of likely N-dealkylation sites (tertiary alicyclic amines) is 1. The van der Waals surface area contributed by atoms with Crippen molar-refractivity contribution in [3.05, 3.63) is 124 Å². The smallest absolute Gasteiger partial charge is 0.475 e. The monoisotopic (exact) mass is 658 g/mol. The first-order chi connectivity index (χ1) is 23.0. The Labute approximate surface area is 271 Å². The number of aromatic nitrogens is 5. The summed E-state index contributed by atoms with van der Waals surface area (Å²) in [5.74, 6) is -2.07. The van der Waals surface area contributed by atoms with Crippen LogP contribution in [0.2, 0.25) is 0 Å². The number of aliphatic carboxylic acids is 1. The first-order valence-electron chi connectivity index (χ1n) is 15.1. The Kier molecular flexibility index (Phi) is 9.05. The zero-order valence-electron chi connectivity index (χ0n) is 25.7. The first kappa shape index (κ1) is 32.5. The molecule has 1 saturated heterocycles. The van der Waals surface area contributed by atoms with Crippen molar-refractivity contribution in [1.82, 2.24) is 29.4 Å². The number of H-pyrrole nitrogens is 1.